The molecule has 0 amide bonds. The third kappa shape index (κ3) is 5.51. The van der Waals surface area contributed by atoms with Gasteiger partial charge in [-0.25, -0.2) is 0 Å². The van der Waals surface area contributed by atoms with Crippen molar-refractivity contribution in [2.45, 2.75) is 0 Å². The SMILES string of the molecule is Oc1ccc2c(Oc3ccc4c(Oc5cccc6c(-c7cccc8c(-c9cccc%10cc(O)ccc9%10)c(O)ccc78)c(O)ccc56)cccc4c3)cccc2c1. The van der Waals surface area contributed by atoms with Crippen LogP contribution in [0.25, 0.3) is 76.1 Å². The number of fused-ring (bicyclic) bond motifs is 5. The Bertz CT molecular complexity index is 3200. The normalized spacial score (nSPS) is 11.5. The number of rotatable bonds is 6. The second kappa shape index (κ2) is 13.0. The third-order valence-electron chi connectivity index (χ3n) is 10.5. The fraction of sp³-hybridized carbons (Fsp3) is 0. The fourth-order valence-electron chi connectivity index (χ4n) is 7.99. The van der Waals surface area contributed by atoms with Crippen molar-refractivity contribution in [2.24, 2.45) is 0 Å². The smallest absolute Gasteiger partial charge is 0.135 e. The van der Waals surface area contributed by atoms with E-state index >= 15 is 0 Å². The topological polar surface area (TPSA) is 99.4 Å². The fourth-order valence-corrected chi connectivity index (χ4v) is 7.99. The van der Waals surface area contributed by atoms with Gasteiger partial charge >= 0.3 is 0 Å². The molecule has 0 radical (unpaired) electrons. The van der Waals surface area contributed by atoms with Crippen molar-refractivity contribution in [1.82, 2.24) is 0 Å². The number of ether oxygens (including phenoxy) is 2. The highest BCUT2D eigenvalue weighted by Gasteiger charge is 2.19. The molecule has 4 N–H and O–H groups in total. The predicted octanol–water partition coefficient (Wildman–Crippen LogP) is 13.2. The number of phenols is 4. The Morgan fingerprint density at radius 2 is 0.750 bits per heavy atom. The number of benzene rings is 10. The van der Waals surface area contributed by atoms with Crippen LogP contribution in [0.5, 0.6) is 46.0 Å². The molecule has 0 heterocycles. The monoisotopic (exact) mass is 728 g/mol. The van der Waals surface area contributed by atoms with Crippen LogP contribution >= 0.6 is 0 Å². The van der Waals surface area contributed by atoms with Gasteiger partial charge in [-0.3, -0.25) is 0 Å². The van der Waals surface area contributed by atoms with Crippen LogP contribution in [0.3, 0.4) is 0 Å². The molecule has 0 aliphatic heterocycles. The molecule has 0 aliphatic rings. The minimum absolute atomic E-state index is 0.123. The average molecular weight is 729 g/mol. The van der Waals surface area contributed by atoms with E-state index in [-0.39, 0.29) is 23.0 Å². The summed E-state index contributed by atoms with van der Waals surface area (Å²) in [6, 6.07) is 52.7. The highest BCUT2D eigenvalue weighted by Crippen LogP contribution is 2.47. The molecular weight excluding hydrogens is 697 g/mol. The maximum Gasteiger partial charge on any atom is 0.135 e. The van der Waals surface area contributed by atoms with Crippen LogP contribution in [-0.4, -0.2) is 20.4 Å². The molecule has 6 nitrogen and oxygen atoms in total. The summed E-state index contributed by atoms with van der Waals surface area (Å²) in [5, 5.41) is 51.6. The summed E-state index contributed by atoms with van der Waals surface area (Å²) in [5.74, 6) is 3.31. The largest absolute Gasteiger partial charge is 0.508 e. The van der Waals surface area contributed by atoms with E-state index in [9.17, 15) is 20.4 Å². The first-order valence-electron chi connectivity index (χ1n) is 18.2. The molecule has 0 bridgehead atoms. The van der Waals surface area contributed by atoms with Crippen molar-refractivity contribution in [3.8, 4) is 68.2 Å². The summed E-state index contributed by atoms with van der Waals surface area (Å²) in [4.78, 5) is 0. The van der Waals surface area contributed by atoms with Gasteiger partial charge in [0.25, 0.3) is 0 Å². The number of hydrogen-bond donors (Lipinski definition) is 4. The Balaban J connectivity index is 1.05. The van der Waals surface area contributed by atoms with E-state index < -0.39 is 0 Å². The molecule has 0 saturated carbocycles. The number of hydrogen-bond acceptors (Lipinski definition) is 6. The summed E-state index contributed by atoms with van der Waals surface area (Å²) >= 11 is 0. The van der Waals surface area contributed by atoms with Crippen molar-refractivity contribution in [3.63, 3.8) is 0 Å². The Labute approximate surface area is 320 Å². The van der Waals surface area contributed by atoms with Crippen LogP contribution in [-0.2, 0) is 0 Å². The Morgan fingerprint density at radius 1 is 0.304 bits per heavy atom. The zero-order chi connectivity index (χ0) is 37.9. The first-order valence-corrected chi connectivity index (χ1v) is 18.2. The second-order valence-electron chi connectivity index (χ2n) is 13.9. The van der Waals surface area contributed by atoms with Gasteiger partial charge in [-0.05, 0) is 134 Å². The molecule has 10 aromatic rings. The highest BCUT2D eigenvalue weighted by atomic mass is 16.5. The third-order valence-corrected chi connectivity index (χ3v) is 10.5. The van der Waals surface area contributed by atoms with Crippen molar-refractivity contribution in [2.75, 3.05) is 0 Å². The molecule has 0 unspecified atom stereocenters. The maximum absolute atomic E-state index is 11.5. The molecule has 268 valence electrons. The van der Waals surface area contributed by atoms with E-state index in [1.807, 2.05) is 133 Å². The lowest BCUT2D eigenvalue weighted by Gasteiger charge is -2.17. The van der Waals surface area contributed by atoms with Crippen molar-refractivity contribution < 1.29 is 29.9 Å². The van der Waals surface area contributed by atoms with Crippen molar-refractivity contribution in [3.05, 3.63) is 170 Å². The van der Waals surface area contributed by atoms with Gasteiger partial charge in [0.05, 0.1) is 0 Å². The average Bonchev–Trinajstić information content (AvgIpc) is 3.20. The first kappa shape index (κ1) is 32.9. The van der Waals surface area contributed by atoms with E-state index in [0.29, 0.717) is 34.1 Å². The van der Waals surface area contributed by atoms with E-state index in [2.05, 4.69) is 0 Å². The molecule has 10 rings (SSSR count). The lowest BCUT2D eigenvalue weighted by Crippen LogP contribution is -1.91. The molecule has 0 fully saturated rings. The Kier molecular flexibility index (Phi) is 7.64. The maximum atomic E-state index is 11.5. The van der Waals surface area contributed by atoms with Crippen LogP contribution in [0.4, 0.5) is 0 Å². The molecule has 56 heavy (non-hydrogen) atoms. The number of aromatic hydroxyl groups is 4. The standard InChI is InChI=1S/C50H32O6/c51-32-16-19-35-29(26-32)6-1-9-40(35)49-41-10-4-11-42(38(41)22-24-44(49)53)50-43-12-5-15-48(39(43)23-25-45(50)54)56-47-14-3-8-31-28-34(18-21-37(31)47)55-46-13-2-7-30-27-33(52)17-20-36(30)46/h1-28,51-54H. The van der Waals surface area contributed by atoms with Crippen LogP contribution in [0, 0.1) is 0 Å². The van der Waals surface area contributed by atoms with E-state index in [4.69, 9.17) is 9.47 Å². The summed E-state index contributed by atoms with van der Waals surface area (Å²) in [7, 11) is 0. The molecule has 6 heteroatoms. The summed E-state index contributed by atoms with van der Waals surface area (Å²) in [6.07, 6.45) is 0. The van der Waals surface area contributed by atoms with Crippen molar-refractivity contribution >= 4 is 53.9 Å². The minimum Gasteiger partial charge on any atom is -0.508 e. The quantitative estimate of drug-likeness (QED) is 0.136. The minimum atomic E-state index is 0.123. The Morgan fingerprint density at radius 3 is 1.43 bits per heavy atom. The van der Waals surface area contributed by atoms with Gasteiger partial charge in [-0.1, -0.05) is 84.9 Å². The molecule has 0 atom stereocenters. The van der Waals surface area contributed by atoms with Gasteiger partial charge in [-0.2, -0.15) is 0 Å². The molecule has 0 saturated heterocycles. The summed E-state index contributed by atoms with van der Waals surface area (Å²) < 4.78 is 13.0. The highest BCUT2D eigenvalue weighted by molar-refractivity contribution is 6.14. The van der Waals surface area contributed by atoms with Crippen molar-refractivity contribution in [1.29, 1.82) is 0 Å². The van der Waals surface area contributed by atoms with E-state index in [1.54, 1.807) is 36.4 Å². The molecule has 10 aromatic carbocycles. The predicted molar refractivity (Wildman–Crippen MR) is 225 cm³/mol. The molecule has 0 aromatic heterocycles. The van der Waals surface area contributed by atoms with Gasteiger partial charge in [-0.15, -0.1) is 0 Å². The van der Waals surface area contributed by atoms with Gasteiger partial charge < -0.3 is 29.9 Å². The zero-order valence-electron chi connectivity index (χ0n) is 29.8. The number of phenolic OH excluding ortho intramolecular Hbond substituents is 4. The van der Waals surface area contributed by atoms with Crippen LogP contribution < -0.4 is 9.47 Å². The van der Waals surface area contributed by atoms with Crippen LogP contribution in [0.1, 0.15) is 0 Å². The Hall–Kier alpha value is -7.70. The van der Waals surface area contributed by atoms with Gasteiger partial charge in [0, 0.05) is 27.3 Å². The second-order valence-corrected chi connectivity index (χ2v) is 13.9. The summed E-state index contributed by atoms with van der Waals surface area (Å²) in [5.41, 5.74) is 2.97. The van der Waals surface area contributed by atoms with E-state index in [0.717, 1.165) is 65.0 Å². The van der Waals surface area contributed by atoms with Crippen LogP contribution in [0.15, 0.2) is 170 Å². The zero-order valence-corrected chi connectivity index (χ0v) is 29.8. The van der Waals surface area contributed by atoms with E-state index in [1.165, 1.54) is 0 Å². The lowest BCUT2D eigenvalue weighted by molar-refractivity contribution is 0.475. The summed E-state index contributed by atoms with van der Waals surface area (Å²) in [6.45, 7) is 0. The molecular formula is C50H32O6. The first-order chi connectivity index (χ1) is 27.4. The molecule has 0 aliphatic carbocycles. The molecule has 0 spiro atoms. The van der Waals surface area contributed by atoms with Crippen LogP contribution in [0.2, 0.25) is 0 Å². The van der Waals surface area contributed by atoms with Gasteiger partial charge in [0.2, 0.25) is 0 Å². The van der Waals surface area contributed by atoms with Gasteiger partial charge in [0.15, 0.2) is 0 Å². The lowest BCUT2D eigenvalue weighted by atomic mass is 9.88. The van der Waals surface area contributed by atoms with Gasteiger partial charge in [0.1, 0.15) is 46.0 Å².